The normalized spacial score (nSPS) is 13.3. The Labute approximate surface area is 602 Å². The third-order valence-electron chi connectivity index (χ3n) is 14.1. The second-order valence-corrected chi connectivity index (χ2v) is 22.8. The average Bonchev–Trinajstić information content (AvgIpc) is 0.878. The molecule has 0 bridgehead atoms. The number of hydrogen-bond acceptors (Lipinski definition) is 29. The molecular weight excluding hydrogens is 1340 g/mol. The maximum absolute atomic E-state index is 15.0. The second-order valence-electron chi connectivity index (χ2n) is 22.8. The molecule has 0 spiro atoms. The maximum Gasteiger partial charge on any atom is 0.338 e. The van der Waals surface area contributed by atoms with E-state index in [9.17, 15) is 9.59 Å². The number of rotatable bonds is 70. The molecule has 102 heavy (non-hydrogen) atoms. The van der Waals surface area contributed by atoms with Gasteiger partial charge in [-0.2, -0.15) is 0 Å². The summed E-state index contributed by atoms with van der Waals surface area (Å²) in [6.07, 6.45) is 2.04. The van der Waals surface area contributed by atoms with Crippen LogP contribution in [-0.4, -0.2) is 316 Å². The van der Waals surface area contributed by atoms with Crippen molar-refractivity contribution in [3.05, 3.63) is 71.3 Å². The first-order valence-electron chi connectivity index (χ1n) is 35.1. The number of carbonyl (C=O) groups excluding carboxylic acids is 2. The van der Waals surface area contributed by atoms with Crippen LogP contribution in [0.25, 0.3) is 0 Å². The Hall–Kier alpha value is -5.40. The van der Waals surface area contributed by atoms with Gasteiger partial charge in [-0.1, -0.05) is 43.7 Å². The van der Waals surface area contributed by atoms with Crippen molar-refractivity contribution in [2.75, 3.05) is 293 Å². The van der Waals surface area contributed by atoms with E-state index in [1.807, 2.05) is 30.3 Å². The van der Waals surface area contributed by atoms with Crippen molar-refractivity contribution in [2.45, 2.75) is 51.5 Å². The van der Waals surface area contributed by atoms with Gasteiger partial charge in [0.1, 0.15) is 51.8 Å². The van der Waals surface area contributed by atoms with Crippen molar-refractivity contribution < 1.29 is 137 Å². The highest BCUT2D eigenvalue weighted by Crippen LogP contribution is 2.41. The van der Waals surface area contributed by atoms with E-state index in [2.05, 4.69) is 12.2 Å². The summed E-state index contributed by atoms with van der Waals surface area (Å²) in [5.74, 6) is -1.56. The van der Waals surface area contributed by atoms with Gasteiger partial charge in [0.2, 0.25) is 11.5 Å². The molecule has 0 saturated carbocycles. The van der Waals surface area contributed by atoms with Crippen LogP contribution in [0.5, 0.6) is 34.5 Å². The van der Waals surface area contributed by atoms with Crippen molar-refractivity contribution in [3.8, 4) is 34.5 Å². The van der Waals surface area contributed by atoms with Gasteiger partial charge < -0.3 is 133 Å². The van der Waals surface area contributed by atoms with Gasteiger partial charge >= 0.3 is 5.97 Å². The summed E-state index contributed by atoms with van der Waals surface area (Å²) in [6, 6.07) is 15.9. The lowest BCUT2D eigenvalue weighted by Crippen LogP contribution is -2.63. The lowest BCUT2D eigenvalue weighted by molar-refractivity contribution is -0.273. The van der Waals surface area contributed by atoms with E-state index in [0.29, 0.717) is 165 Å². The molecule has 1 aliphatic rings. The first-order chi connectivity index (χ1) is 50.1. The Morgan fingerprint density at radius 1 is 0.373 bits per heavy atom. The summed E-state index contributed by atoms with van der Waals surface area (Å²) in [5, 5.41) is 3.07. The minimum Gasteiger partial charge on any atom is -0.487 e. The van der Waals surface area contributed by atoms with Gasteiger partial charge in [0.05, 0.1) is 224 Å². The number of hydrogen-bond donors (Lipinski definition) is 1. The van der Waals surface area contributed by atoms with Gasteiger partial charge in [-0.3, -0.25) is 4.79 Å². The first-order valence-corrected chi connectivity index (χ1v) is 35.1. The van der Waals surface area contributed by atoms with Gasteiger partial charge in [0, 0.05) is 40.6 Å². The van der Waals surface area contributed by atoms with Crippen LogP contribution < -0.4 is 33.7 Å². The minimum atomic E-state index is -1.47. The smallest absolute Gasteiger partial charge is 0.338 e. The zero-order valence-corrected chi connectivity index (χ0v) is 61.4. The second kappa shape index (κ2) is 59.8. The highest BCUT2D eigenvalue weighted by atomic mass is 16.7. The number of amides is 1. The van der Waals surface area contributed by atoms with E-state index in [0.717, 1.165) is 18.4 Å². The Morgan fingerprint density at radius 3 is 1.00 bits per heavy atom. The number of nitrogens with one attached hydrogen (secondary N) is 1. The minimum absolute atomic E-state index is 0.0145. The summed E-state index contributed by atoms with van der Waals surface area (Å²) in [7, 11) is 6.40. The first kappa shape index (κ1) is 89.0. The number of esters is 1. The maximum atomic E-state index is 15.0. The van der Waals surface area contributed by atoms with E-state index in [1.165, 1.54) is 24.3 Å². The Kier molecular flexibility index (Phi) is 52.2. The van der Waals surface area contributed by atoms with Crippen LogP contribution >= 0.6 is 0 Å². The number of carbonyl (C=O) groups is 2. The van der Waals surface area contributed by atoms with E-state index in [-0.39, 0.29) is 145 Å². The van der Waals surface area contributed by atoms with Crippen molar-refractivity contribution >= 4 is 11.9 Å². The zero-order chi connectivity index (χ0) is 72.9. The Bertz CT molecular complexity index is 2470. The molecule has 1 amide bonds. The highest BCUT2D eigenvalue weighted by Gasteiger charge is 2.43. The van der Waals surface area contributed by atoms with Crippen molar-refractivity contribution in [3.63, 3.8) is 0 Å². The van der Waals surface area contributed by atoms with Crippen molar-refractivity contribution in [1.29, 1.82) is 0 Å². The third kappa shape index (κ3) is 42.5. The summed E-state index contributed by atoms with van der Waals surface area (Å²) >= 11 is 0. The Morgan fingerprint density at radius 2 is 0.667 bits per heavy atom. The SMILES string of the molecule is CCCCOCCOCCOCCOc1cc(C(=O)OCC2(NC(=O)c3cc(OCCOCCOCCOC)c(OCCOCCOCCOC)c(OCCOCCOCCOC)c3)COC(C)(C)OC2)cc(OCCOCCOCCOCc2ccccc2)c1OCCOCCOCCOC. The largest absolute Gasteiger partial charge is 0.487 e. The van der Waals surface area contributed by atoms with Crippen molar-refractivity contribution in [2.24, 2.45) is 0 Å². The molecule has 3 aromatic rings. The molecule has 1 saturated heterocycles. The summed E-state index contributed by atoms with van der Waals surface area (Å²) in [5.41, 5.74) is -0.303. The van der Waals surface area contributed by atoms with E-state index < -0.39 is 29.8 Å². The van der Waals surface area contributed by atoms with E-state index >= 15 is 0 Å². The molecule has 1 aliphatic heterocycles. The fourth-order valence-electron chi connectivity index (χ4n) is 8.71. The van der Waals surface area contributed by atoms with Gasteiger partial charge in [0.25, 0.3) is 5.91 Å². The number of ether oxygens (including phenoxy) is 27. The summed E-state index contributed by atoms with van der Waals surface area (Å²) in [6.45, 7) is 16.3. The molecule has 30 nitrogen and oxygen atoms in total. The van der Waals surface area contributed by atoms with E-state index in [4.69, 9.17) is 128 Å². The van der Waals surface area contributed by atoms with Crippen LogP contribution in [0.2, 0.25) is 0 Å². The van der Waals surface area contributed by atoms with Gasteiger partial charge in [-0.25, -0.2) is 4.79 Å². The quantitative estimate of drug-likeness (QED) is 0.0509. The number of methoxy groups -OCH3 is 4. The average molecular weight is 1460 g/mol. The van der Waals surface area contributed by atoms with Gasteiger partial charge in [-0.15, -0.1) is 0 Å². The topological polar surface area (TPSA) is 295 Å². The molecule has 4 rings (SSSR count). The third-order valence-corrected chi connectivity index (χ3v) is 14.1. The fraction of sp³-hybridized carbons (Fsp3) is 0.722. The van der Waals surface area contributed by atoms with Crippen LogP contribution in [0.3, 0.4) is 0 Å². The molecule has 584 valence electrons. The van der Waals surface area contributed by atoms with Crippen LogP contribution in [0.4, 0.5) is 0 Å². The molecular formula is C72H117NO29. The summed E-state index contributed by atoms with van der Waals surface area (Å²) < 4.78 is 157. The molecule has 0 unspecified atom stereocenters. The number of benzene rings is 3. The van der Waals surface area contributed by atoms with Crippen LogP contribution in [0.15, 0.2) is 54.6 Å². The monoisotopic (exact) mass is 1460 g/mol. The molecule has 30 heteroatoms. The van der Waals surface area contributed by atoms with E-state index in [1.54, 1.807) is 42.3 Å². The molecule has 0 radical (unpaired) electrons. The predicted octanol–water partition coefficient (Wildman–Crippen LogP) is 5.89. The lowest BCUT2D eigenvalue weighted by Gasteiger charge is -2.43. The lowest BCUT2D eigenvalue weighted by atomic mass is 10.00. The number of unbranched alkanes of at least 4 members (excludes halogenated alkanes) is 1. The van der Waals surface area contributed by atoms with Gasteiger partial charge in [-0.05, 0) is 50.1 Å². The molecule has 0 atom stereocenters. The standard InChI is InChI=1S/C72H117NO29/c1-8-9-15-80-24-25-85-30-36-89-42-48-96-65-54-62(55-66(68(65)99-51-45-92-35-29-84-23-19-79-7)97-49-43-90-37-31-86-38-39-93-56-60-13-11-10-12-14-60)70(75)100-57-72(58-101-71(2,3)102-59-72)73-69(74)61-52-63(94-46-40-87-32-26-81-20-16-76-4)67(98-50-44-91-34-28-83-22-18-78-6)64(53-61)95-47-41-88-33-27-82-21-17-77-5/h10-14,52-55H,8-9,15-51,56-59H2,1-7H3,(H,73,74). The molecule has 0 aliphatic carbocycles. The van der Waals surface area contributed by atoms with Crippen LogP contribution in [0.1, 0.15) is 59.9 Å². The molecule has 1 heterocycles. The molecule has 0 aromatic heterocycles. The molecule has 3 aromatic carbocycles. The molecule has 1 N–H and O–H groups in total. The van der Waals surface area contributed by atoms with Crippen LogP contribution in [0, 0.1) is 0 Å². The Balaban J connectivity index is 1.62. The predicted molar refractivity (Wildman–Crippen MR) is 371 cm³/mol. The zero-order valence-electron chi connectivity index (χ0n) is 61.4. The molecule has 1 fully saturated rings. The van der Waals surface area contributed by atoms with Crippen LogP contribution in [-0.2, 0) is 106 Å². The fourth-order valence-corrected chi connectivity index (χ4v) is 8.71. The highest BCUT2D eigenvalue weighted by molar-refractivity contribution is 5.96. The van der Waals surface area contributed by atoms with Gasteiger partial charge in [0.15, 0.2) is 28.8 Å². The van der Waals surface area contributed by atoms with Crippen molar-refractivity contribution in [1.82, 2.24) is 5.32 Å². The summed E-state index contributed by atoms with van der Waals surface area (Å²) in [4.78, 5) is 29.7.